The molecule has 0 spiro atoms. The highest BCUT2D eigenvalue weighted by Crippen LogP contribution is 2.43. The molecule has 0 saturated carbocycles. The predicted octanol–water partition coefficient (Wildman–Crippen LogP) is 3.79. The molecule has 5 rings (SSSR count). The SMILES string of the molecule is O=C(c1ccc(-c2ccccc2)[nH]c1=O)N1CCCC1c1cccc2c1OCCO2. The van der Waals surface area contributed by atoms with Gasteiger partial charge in [0.25, 0.3) is 11.5 Å². The highest BCUT2D eigenvalue weighted by molar-refractivity contribution is 5.94. The van der Waals surface area contributed by atoms with E-state index in [4.69, 9.17) is 9.47 Å². The largest absolute Gasteiger partial charge is 0.486 e. The Balaban J connectivity index is 1.46. The van der Waals surface area contributed by atoms with Gasteiger partial charge >= 0.3 is 0 Å². The van der Waals surface area contributed by atoms with Crippen LogP contribution in [0.5, 0.6) is 11.5 Å². The lowest BCUT2D eigenvalue weighted by molar-refractivity contribution is 0.0729. The number of rotatable bonds is 3. The lowest BCUT2D eigenvalue weighted by Gasteiger charge is -2.28. The van der Waals surface area contributed by atoms with Crippen molar-refractivity contribution in [3.8, 4) is 22.8 Å². The minimum absolute atomic E-state index is 0.137. The van der Waals surface area contributed by atoms with E-state index in [1.807, 2.05) is 48.5 Å². The van der Waals surface area contributed by atoms with Gasteiger partial charge in [0.05, 0.1) is 6.04 Å². The Hall–Kier alpha value is -3.54. The van der Waals surface area contributed by atoms with Crippen molar-refractivity contribution in [3.63, 3.8) is 0 Å². The van der Waals surface area contributed by atoms with E-state index in [2.05, 4.69) is 4.98 Å². The molecule has 2 aromatic carbocycles. The summed E-state index contributed by atoms with van der Waals surface area (Å²) >= 11 is 0. The summed E-state index contributed by atoms with van der Waals surface area (Å²) in [6.07, 6.45) is 1.70. The molecule has 1 atom stereocenters. The normalized spacial score (nSPS) is 17.7. The fourth-order valence-electron chi connectivity index (χ4n) is 4.27. The molecular weight excluding hydrogens is 380 g/mol. The Kier molecular flexibility index (Phi) is 4.75. The molecule has 0 aliphatic carbocycles. The van der Waals surface area contributed by atoms with Gasteiger partial charge < -0.3 is 19.4 Å². The Morgan fingerprint density at radius 1 is 0.967 bits per heavy atom. The fraction of sp³-hybridized carbons (Fsp3) is 0.250. The first-order valence-electron chi connectivity index (χ1n) is 10.2. The van der Waals surface area contributed by atoms with Gasteiger partial charge in [-0.1, -0.05) is 42.5 Å². The van der Waals surface area contributed by atoms with E-state index in [0.29, 0.717) is 37.0 Å². The number of nitrogens with one attached hydrogen (secondary N) is 1. The molecule has 3 heterocycles. The number of nitrogens with zero attached hydrogens (tertiary/aromatic N) is 1. The summed E-state index contributed by atoms with van der Waals surface area (Å²) in [6.45, 7) is 1.62. The number of carbonyl (C=O) groups excluding carboxylic acids is 1. The molecule has 1 aromatic heterocycles. The first kappa shape index (κ1) is 18.5. The predicted molar refractivity (Wildman–Crippen MR) is 113 cm³/mol. The number of para-hydroxylation sites is 1. The van der Waals surface area contributed by atoms with Crippen LogP contribution in [0.2, 0.25) is 0 Å². The van der Waals surface area contributed by atoms with Crippen LogP contribution in [0.3, 0.4) is 0 Å². The first-order valence-corrected chi connectivity index (χ1v) is 10.2. The van der Waals surface area contributed by atoms with Crippen LogP contribution in [0, 0.1) is 0 Å². The first-order chi connectivity index (χ1) is 14.7. The Morgan fingerprint density at radius 3 is 2.63 bits per heavy atom. The number of benzene rings is 2. The maximum atomic E-state index is 13.3. The molecule has 1 unspecified atom stereocenters. The van der Waals surface area contributed by atoms with Crippen molar-refractivity contribution in [3.05, 3.63) is 82.1 Å². The number of ether oxygens (including phenoxy) is 2. The third-order valence-electron chi connectivity index (χ3n) is 5.69. The van der Waals surface area contributed by atoms with Crippen LogP contribution >= 0.6 is 0 Å². The Labute approximate surface area is 174 Å². The molecule has 0 radical (unpaired) electrons. The molecule has 6 heteroatoms. The summed E-state index contributed by atoms with van der Waals surface area (Å²) in [7, 11) is 0. The highest BCUT2D eigenvalue weighted by atomic mass is 16.6. The van der Waals surface area contributed by atoms with Gasteiger partial charge in [0, 0.05) is 17.8 Å². The van der Waals surface area contributed by atoms with Gasteiger partial charge in [-0.2, -0.15) is 0 Å². The number of pyridine rings is 1. The molecule has 152 valence electrons. The summed E-state index contributed by atoms with van der Waals surface area (Å²) in [5.74, 6) is 1.16. The fourth-order valence-corrected chi connectivity index (χ4v) is 4.27. The minimum Gasteiger partial charge on any atom is -0.486 e. The minimum atomic E-state index is -0.373. The average molecular weight is 402 g/mol. The number of aromatic nitrogens is 1. The van der Waals surface area contributed by atoms with Gasteiger partial charge in [-0.3, -0.25) is 9.59 Å². The van der Waals surface area contributed by atoms with Crippen LogP contribution in [0.4, 0.5) is 0 Å². The maximum Gasteiger partial charge on any atom is 0.261 e. The third-order valence-corrected chi connectivity index (χ3v) is 5.69. The van der Waals surface area contributed by atoms with Crippen molar-refractivity contribution in [1.29, 1.82) is 0 Å². The molecule has 2 aliphatic rings. The summed E-state index contributed by atoms with van der Waals surface area (Å²) in [5, 5.41) is 0. The lowest BCUT2D eigenvalue weighted by atomic mass is 10.0. The molecular formula is C24H22N2O4. The van der Waals surface area contributed by atoms with Crippen molar-refractivity contribution in [2.24, 2.45) is 0 Å². The second-order valence-corrected chi connectivity index (χ2v) is 7.51. The van der Waals surface area contributed by atoms with Gasteiger partial charge in [-0.25, -0.2) is 0 Å². The van der Waals surface area contributed by atoms with Gasteiger partial charge in [0.1, 0.15) is 18.8 Å². The summed E-state index contributed by atoms with van der Waals surface area (Å²) in [4.78, 5) is 30.7. The van der Waals surface area contributed by atoms with Crippen LogP contribution < -0.4 is 15.0 Å². The second kappa shape index (κ2) is 7.71. The number of carbonyl (C=O) groups is 1. The van der Waals surface area contributed by atoms with Crippen molar-refractivity contribution >= 4 is 5.91 Å². The average Bonchev–Trinajstić information content (AvgIpc) is 3.28. The zero-order valence-corrected chi connectivity index (χ0v) is 16.5. The van der Waals surface area contributed by atoms with E-state index in [0.717, 1.165) is 24.0 Å². The molecule has 1 fully saturated rings. The smallest absolute Gasteiger partial charge is 0.261 e. The van der Waals surface area contributed by atoms with E-state index in [1.54, 1.807) is 17.0 Å². The topological polar surface area (TPSA) is 71.6 Å². The van der Waals surface area contributed by atoms with Crippen molar-refractivity contribution in [2.75, 3.05) is 19.8 Å². The molecule has 6 nitrogen and oxygen atoms in total. The summed E-state index contributed by atoms with van der Waals surface area (Å²) in [6, 6.07) is 18.6. The zero-order valence-electron chi connectivity index (χ0n) is 16.5. The molecule has 0 bridgehead atoms. The van der Waals surface area contributed by atoms with Crippen LogP contribution in [-0.2, 0) is 0 Å². The van der Waals surface area contributed by atoms with Crippen molar-refractivity contribution < 1.29 is 14.3 Å². The molecule has 1 saturated heterocycles. The van der Waals surface area contributed by atoms with Crippen molar-refractivity contribution in [2.45, 2.75) is 18.9 Å². The van der Waals surface area contributed by atoms with Crippen LogP contribution in [0.25, 0.3) is 11.3 Å². The molecule has 2 aliphatic heterocycles. The standard InChI is InChI=1S/C24H22N2O4/c27-23-18(11-12-19(25-23)16-6-2-1-3-7-16)24(28)26-13-5-9-20(26)17-8-4-10-21-22(17)30-15-14-29-21/h1-4,6-8,10-12,20H,5,9,13-15H2,(H,25,27). The lowest BCUT2D eigenvalue weighted by Crippen LogP contribution is -2.34. The van der Waals surface area contributed by atoms with Gasteiger partial charge in [-0.15, -0.1) is 0 Å². The molecule has 30 heavy (non-hydrogen) atoms. The maximum absolute atomic E-state index is 13.3. The van der Waals surface area contributed by atoms with Gasteiger partial charge in [0.15, 0.2) is 11.5 Å². The van der Waals surface area contributed by atoms with Crippen LogP contribution in [-0.4, -0.2) is 35.5 Å². The van der Waals surface area contributed by atoms with Gasteiger partial charge in [0.2, 0.25) is 0 Å². The monoisotopic (exact) mass is 402 g/mol. The van der Waals surface area contributed by atoms with Crippen LogP contribution in [0.1, 0.15) is 34.8 Å². The Bertz CT molecular complexity index is 1140. The summed E-state index contributed by atoms with van der Waals surface area (Å²) < 4.78 is 11.6. The number of hydrogen-bond acceptors (Lipinski definition) is 4. The van der Waals surface area contributed by atoms with Crippen LogP contribution in [0.15, 0.2) is 65.5 Å². The highest BCUT2D eigenvalue weighted by Gasteiger charge is 2.34. The van der Waals surface area contributed by atoms with E-state index in [1.165, 1.54) is 0 Å². The third kappa shape index (κ3) is 3.24. The quantitative estimate of drug-likeness (QED) is 0.724. The molecule has 3 aromatic rings. The Morgan fingerprint density at radius 2 is 1.80 bits per heavy atom. The molecule has 1 N–H and O–H groups in total. The number of amides is 1. The second-order valence-electron chi connectivity index (χ2n) is 7.51. The van der Waals surface area contributed by atoms with E-state index in [-0.39, 0.29) is 23.1 Å². The number of fused-ring (bicyclic) bond motifs is 1. The number of aromatic amines is 1. The van der Waals surface area contributed by atoms with E-state index < -0.39 is 0 Å². The number of likely N-dealkylation sites (tertiary alicyclic amines) is 1. The van der Waals surface area contributed by atoms with Gasteiger partial charge in [-0.05, 0) is 36.6 Å². The zero-order chi connectivity index (χ0) is 20.5. The summed E-state index contributed by atoms with van der Waals surface area (Å²) in [5.41, 5.74) is 2.32. The van der Waals surface area contributed by atoms with Crippen molar-refractivity contribution in [1.82, 2.24) is 9.88 Å². The van der Waals surface area contributed by atoms with E-state index >= 15 is 0 Å². The number of hydrogen-bond donors (Lipinski definition) is 1. The molecule has 1 amide bonds. The van der Waals surface area contributed by atoms with E-state index in [9.17, 15) is 9.59 Å². The number of H-pyrrole nitrogens is 1.